The monoisotopic (exact) mass is 274 g/mol. The van der Waals surface area contributed by atoms with Crippen LogP contribution in [0.3, 0.4) is 0 Å². The van der Waals surface area contributed by atoms with Crippen LogP contribution in [0, 0.1) is 0 Å². The first kappa shape index (κ1) is 13.5. The lowest BCUT2D eigenvalue weighted by atomic mass is 9.93. The van der Waals surface area contributed by atoms with Crippen LogP contribution in [-0.4, -0.2) is 9.97 Å². The average molecular weight is 274 g/mol. The van der Waals surface area contributed by atoms with Gasteiger partial charge in [0.2, 0.25) is 0 Å². The first-order valence-corrected chi connectivity index (χ1v) is 7.22. The van der Waals surface area contributed by atoms with Crippen LogP contribution in [0.1, 0.15) is 25.3 Å². The minimum absolute atomic E-state index is 0.436. The Balaban J connectivity index is 2.16. The van der Waals surface area contributed by atoms with E-state index in [2.05, 4.69) is 54.1 Å². The standard InChI is InChI=1S/C19H18N2/c1-14(2)17-13-21-19(18-10-6-7-11-20-18)12-16(17)15-8-4-3-5-9-15/h3-14H,1-2H3. The SMILES string of the molecule is CC(C)c1cnc(-c2ccccn2)cc1-c1ccccc1. The largest absolute Gasteiger partial charge is 0.255 e. The molecule has 0 saturated carbocycles. The predicted molar refractivity (Wildman–Crippen MR) is 87.0 cm³/mol. The molecular formula is C19H18N2. The molecule has 21 heavy (non-hydrogen) atoms. The van der Waals surface area contributed by atoms with Gasteiger partial charge in [0.25, 0.3) is 0 Å². The van der Waals surface area contributed by atoms with Crippen LogP contribution in [0.4, 0.5) is 0 Å². The van der Waals surface area contributed by atoms with Gasteiger partial charge in [0.05, 0.1) is 11.4 Å². The second-order valence-electron chi connectivity index (χ2n) is 5.39. The van der Waals surface area contributed by atoms with E-state index >= 15 is 0 Å². The molecule has 3 aromatic rings. The highest BCUT2D eigenvalue weighted by Gasteiger charge is 2.11. The molecule has 0 aliphatic rings. The number of benzene rings is 1. The zero-order valence-electron chi connectivity index (χ0n) is 12.3. The summed E-state index contributed by atoms with van der Waals surface area (Å²) >= 11 is 0. The van der Waals surface area contributed by atoms with Gasteiger partial charge in [-0.3, -0.25) is 9.97 Å². The highest BCUT2D eigenvalue weighted by atomic mass is 14.8. The Hall–Kier alpha value is -2.48. The zero-order valence-corrected chi connectivity index (χ0v) is 12.3. The fourth-order valence-electron chi connectivity index (χ4n) is 2.45. The molecule has 2 heterocycles. The smallest absolute Gasteiger partial charge is 0.0892 e. The second kappa shape index (κ2) is 5.88. The Morgan fingerprint density at radius 1 is 0.810 bits per heavy atom. The summed E-state index contributed by atoms with van der Waals surface area (Å²) in [6.07, 6.45) is 3.78. The lowest BCUT2D eigenvalue weighted by molar-refractivity contribution is 0.861. The predicted octanol–water partition coefficient (Wildman–Crippen LogP) is 4.93. The van der Waals surface area contributed by atoms with E-state index in [0.29, 0.717) is 5.92 Å². The van der Waals surface area contributed by atoms with Gasteiger partial charge in [-0.15, -0.1) is 0 Å². The molecule has 2 heteroatoms. The maximum Gasteiger partial charge on any atom is 0.0892 e. The van der Waals surface area contributed by atoms with Crippen molar-refractivity contribution in [1.82, 2.24) is 9.97 Å². The molecule has 2 aromatic heterocycles. The van der Waals surface area contributed by atoms with Crippen molar-refractivity contribution in [3.8, 4) is 22.5 Å². The molecule has 0 saturated heterocycles. The summed E-state index contributed by atoms with van der Waals surface area (Å²) in [6.45, 7) is 4.40. The minimum Gasteiger partial charge on any atom is -0.255 e. The normalized spacial score (nSPS) is 10.8. The number of aromatic nitrogens is 2. The molecule has 0 atom stereocenters. The van der Waals surface area contributed by atoms with Crippen molar-refractivity contribution in [2.75, 3.05) is 0 Å². The third-order valence-electron chi connectivity index (χ3n) is 3.57. The highest BCUT2D eigenvalue weighted by Crippen LogP contribution is 2.31. The Bertz CT molecular complexity index is 719. The lowest BCUT2D eigenvalue weighted by Crippen LogP contribution is -1.96. The molecule has 0 unspecified atom stereocenters. The zero-order chi connectivity index (χ0) is 14.7. The van der Waals surface area contributed by atoms with Gasteiger partial charge in [-0.05, 0) is 40.8 Å². The Morgan fingerprint density at radius 2 is 1.57 bits per heavy atom. The second-order valence-corrected chi connectivity index (χ2v) is 5.39. The average Bonchev–Trinajstić information content (AvgIpc) is 2.56. The van der Waals surface area contributed by atoms with E-state index in [1.54, 1.807) is 6.20 Å². The maximum absolute atomic E-state index is 4.59. The summed E-state index contributed by atoms with van der Waals surface area (Å²) in [6, 6.07) is 18.5. The molecule has 0 fully saturated rings. The molecule has 0 amide bonds. The Kier molecular flexibility index (Phi) is 3.78. The highest BCUT2D eigenvalue weighted by molar-refractivity contribution is 5.72. The summed E-state index contributed by atoms with van der Waals surface area (Å²) < 4.78 is 0. The van der Waals surface area contributed by atoms with Crippen molar-refractivity contribution in [2.45, 2.75) is 19.8 Å². The van der Waals surface area contributed by atoms with E-state index in [1.165, 1.54) is 16.7 Å². The van der Waals surface area contributed by atoms with Crippen molar-refractivity contribution in [3.05, 3.63) is 72.6 Å². The van der Waals surface area contributed by atoms with Crippen LogP contribution in [-0.2, 0) is 0 Å². The van der Waals surface area contributed by atoms with Gasteiger partial charge in [0, 0.05) is 12.4 Å². The molecule has 0 aliphatic heterocycles. The summed E-state index contributed by atoms with van der Waals surface area (Å²) in [4.78, 5) is 8.99. The molecule has 2 nitrogen and oxygen atoms in total. The van der Waals surface area contributed by atoms with Crippen molar-refractivity contribution in [3.63, 3.8) is 0 Å². The Morgan fingerprint density at radius 3 is 2.24 bits per heavy atom. The van der Waals surface area contributed by atoms with E-state index in [-0.39, 0.29) is 0 Å². The maximum atomic E-state index is 4.59. The van der Waals surface area contributed by atoms with Gasteiger partial charge in [0.15, 0.2) is 0 Å². The first-order chi connectivity index (χ1) is 10.3. The molecule has 1 aromatic carbocycles. The molecule has 0 radical (unpaired) electrons. The number of hydrogen-bond acceptors (Lipinski definition) is 2. The van der Waals surface area contributed by atoms with E-state index in [4.69, 9.17) is 0 Å². The quantitative estimate of drug-likeness (QED) is 0.676. The van der Waals surface area contributed by atoms with E-state index in [1.807, 2.05) is 30.5 Å². The summed E-state index contributed by atoms with van der Waals surface area (Å²) in [7, 11) is 0. The topological polar surface area (TPSA) is 25.8 Å². The minimum atomic E-state index is 0.436. The third kappa shape index (κ3) is 2.84. The number of nitrogens with zero attached hydrogens (tertiary/aromatic N) is 2. The first-order valence-electron chi connectivity index (χ1n) is 7.22. The van der Waals surface area contributed by atoms with Gasteiger partial charge in [-0.2, -0.15) is 0 Å². The van der Waals surface area contributed by atoms with Gasteiger partial charge >= 0.3 is 0 Å². The van der Waals surface area contributed by atoms with Crippen molar-refractivity contribution >= 4 is 0 Å². The van der Waals surface area contributed by atoms with Crippen LogP contribution in [0.25, 0.3) is 22.5 Å². The molecule has 0 N–H and O–H groups in total. The number of pyridine rings is 2. The summed E-state index contributed by atoms with van der Waals surface area (Å²) in [5, 5.41) is 0. The summed E-state index contributed by atoms with van der Waals surface area (Å²) in [5.74, 6) is 0.436. The van der Waals surface area contributed by atoms with E-state index in [9.17, 15) is 0 Å². The van der Waals surface area contributed by atoms with Crippen LogP contribution in [0.15, 0.2) is 67.0 Å². The van der Waals surface area contributed by atoms with Crippen LogP contribution >= 0.6 is 0 Å². The Labute approximate surface area is 125 Å². The molecule has 0 spiro atoms. The van der Waals surface area contributed by atoms with Gasteiger partial charge in [0.1, 0.15) is 0 Å². The molecule has 0 aliphatic carbocycles. The fourth-order valence-corrected chi connectivity index (χ4v) is 2.45. The van der Waals surface area contributed by atoms with Crippen LogP contribution < -0.4 is 0 Å². The lowest BCUT2D eigenvalue weighted by Gasteiger charge is -2.14. The number of hydrogen-bond donors (Lipinski definition) is 0. The molecule has 104 valence electrons. The van der Waals surface area contributed by atoms with E-state index in [0.717, 1.165) is 11.4 Å². The van der Waals surface area contributed by atoms with Crippen LogP contribution in [0.2, 0.25) is 0 Å². The number of rotatable bonds is 3. The molecule has 3 rings (SSSR count). The van der Waals surface area contributed by atoms with Crippen molar-refractivity contribution in [2.24, 2.45) is 0 Å². The summed E-state index contributed by atoms with van der Waals surface area (Å²) in [5.41, 5.74) is 5.55. The van der Waals surface area contributed by atoms with Crippen molar-refractivity contribution < 1.29 is 0 Å². The van der Waals surface area contributed by atoms with Gasteiger partial charge in [-0.25, -0.2) is 0 Å². The van der Waals surface area contributed by atoms with Crippen molar-refractivity contribution in [1.29, 1.82) is 0 Å². The fraction of sp³-hybridized carbons (Fsp3) is 0.158. The van der Waals surface area contributed by atoms with Gasteiger partial charge < -0.3 is 0 Å². The third-order valence-corrected chi connectivity index (χ3v) is 3.57. The van der Waals surface area contributed by atoms with E-state index < -0.39 is 0 Å². The van der Waals surface area contributed by atoms with Gasteiger partial charge in [-0.1, -0.05) is 50.2 Å². The molecule has 0 bridgehead atoms. The van der Waals surface area contributed by atoms with Crippen LogP contribution in [0.5, 0.6) is 0 Å². The molecular weight excluding hydrogens is 256 g/mol.